The minimum Gasteiger partial charge on any atom is -0.438 e. The van der Waals surface area contributed by atoms with E-state index in [1.165, 1.54) is 0 Å². The fourth-order valence-electron chi connectivity index (χ4n) is 2.83. The molecule has 7 nitrogen and oxygen atoms in total. The summed E-state index contributed by atoms with van der Waals surface area (Å²) in [5.41, 5.74) is 4.29. The van der Waals surface area contributed by atoms with Gasteiger partial charge in [-0.2, -0.15) is 15.5 Å². The van der Waals surface area contributed by atoms with E-state index in [2.05, 4.69) is 32.7 Å². The molecule has 2 aromatic carbocycles. The molecule has 0 aliphatic rings. The van der Waals surface area contributed by atoms with Crippen molar-refractivity contribution >= 4 is 17.7 Å². The SMILES string of the molecule is CN/C=C\c1cnc(Nc2ccc(C#N)cc2)nc1Oc1c(C)cc(C#N)cc1C. The Balaban J connectivity index is 1.96. The maximum atomic E-state index is 9.16. The van der Waals surface area contributed by atoms with Crippen LogP contribution in [0, 0.1) is 36.5 Å². The third-order valence-electron chi connectivity index (χ3n) is 4.27. The zero-order chi connectivity index (χ0) is 21.5. The number of benzene rings is 2. The Morgan fingerprint density at radius 1 is 1.00 bits per heavy atom. The Morgan fingerprint density at radius 2 is 1.67 bits per heavy atom. The molecule has 0 bridgehead atoms. The predicted molar refractivity (Wildman–Crippen MR) is 115 cm³/mol. The lowest BCUT2D eigenvalue weighted by molar-refractivity contribution is 0.454. The molecular formula is C23H20N6O. The maximum absolute atomic E-state index is 9.16. The van der Waals surface area contributed by atoms with Gasteiger partial charge in [-0.05, 0) is 73.6 Å². The molecule has 0 unspecified atom stereocenters. The van der Waals surface area contributed by atoms with Crippen LogP contribution in [0.15, 0.2) is 48.8 Å². The van der Waals surface area contributed by atoms with Crippen LogP contribution in [0.5, 0.6) is 11.6 Å². The summed E-state index contributed by atoms with van der Waals surface area (Å²) < 4.78 is 6.16. The summed E-state index contributed by atoms with van der Waals surface area (Å²) in [6.07, 6.45) is 5.24. The van der Waals surface area contributed by atoms with Crippen molar-refractivity contribution in [3.8, 4) is 23.8 Å². The Morgan fingerprint density at radius 3 is 2.27 bits per heavy atom. The number of ether oxygens (including phenoxy) is 1. The van der Waals surface area contributed by atoms with E-state index in [0.29, 0.717) is 34.3 Å². The van der Waals surface area contributed by atoms with Gasteiger partial charge in [0.2, 0.25) is 11.8 Å². The fourth-order valence-corrected chi connectivity index (χ4v) is 2.83. The highest BCUT2D eigenvalue weighted by Crippen LogP contribution is 2.31. The molecule has 0 radical (unpaired) electrons. The van der Waals surface area contributed by atoms with Crippen molar-refractivity contribution in [1.82, 2.24) is 15.3 Å². The van der Waals surface area contributed by atoms with E-state index in [0.717, 1.165) is 16.8 Å². The molecule has 7 heteroatoms. The number of aromatic nitrogens is 2. The summed E-state index contributed by atoms with van der Waals surface area (Å²) in [7, 11) is 1.80. The van der Waals surface area contributed by atoms with E-state index in [1.54, 1.807) is 55.8 Å². The monoisotopic (exact) mass is 396 g/mol. The zero-order valence-corrected chi connectivity index (χ0v) is 16.9. The predicted octanol–water partition coefficient (Wildman–Crippen LogP) is 4.56. The van der Waals surface area contributed by atoms with E-state index in [-0.39, 0.29) is 0 Å². The van der Waals surface area contributed by atoms with Crippen LogP contribution in [0.2, 0.25) is 0 Å². The van der Waals surface area contributed by atoms with Crippen molar-refractivity contribution in [1.29, 1.82) is 10.5 Å². The van der Waals surface area contributed by atoms with Crippen LogP contribution in [0.3, 0.4) is 0 Å². The quantitative estimate of drug-likeness (QED) is 0.629. The molecule has 1 aromatic heterocycles. The Kier molecular flexibility index (Phi) is 6.26. The molecule has 0 fully saturated rings. The largest absolute Gasteiger partial charge is 0.438 e. The number of nitriles is 2. The molecule has 148 valence electrons. The molecular weight excluding hydrogens is 376 g/mol. The summed E-state index contributed by atoms with van der Waals surface area (Å²) in [5, 5.41) is 24.2. The molecule has 2 N–H and O–H groups in total. The van der Waals surface area contributed by atoms with Gasteiger partial charge in [0.05, 0.1) is 28.8 Å². The zero-order valence-electron chi connectivity index (χ0n) is 16.9. The van der Waals surface area contributed by atoms with E-state index in [9.17, 15) is 0 Å². The number of hydrogen-bond acceptors (Lipinski definition) is 7. The number of aryl methyl sites for hydroxylation is 2. The first-order valence-electron chi connectivity index (χ1n) is 9.21. The summed E-state index contributed by atoms with van der Waals surface area (Å²) >= 11 is 0. The molecule has 3 aromatic rings. The lowest BCUT2D eigenvalue weighted by atomic mass is 10.1. The third-order valence-corrected chi connectivity index (χ3v) is 4.27. The average molecular weight is 396 g/mol. The second-order valence-corrected chi connectivity index (χ2v) is 6.54. The van der Waals surface area contributed by atoms with Crippen molar-refractivity contribution in [2.24, 2.45) is 0 Å². The highest BCUT2D eigenvalue weighted by atomic mass is 16.5. The second kappa shape index (κ2) is 9.22. The minimum absolute atomic E-state index is 0.361. The van der Waals surface area contributed by atoms with Crippen LogP contribution in [0.25, 0.3) is 6.08 Å². The second-order valence-electron chi connectivity index (χ2n) is 6.54. The Hall–Kier alpha value is -4.36. The smallest absolute Gasteiger partial charge is 0.231 e. The van der Waals surface area contributed by atoms with Crippen LogP contribution in [0.4, 0.5) is 11.6 Å². The molecule has 0 aliphatic carbocycles. The van der Waals surface area contributed by atoms with Crippen molar-refractivity contribution in [2.45, 2.75) is 13.8 Å². The van der Waals surface area contributed by atoms with Gasteiger partial charge < -0.3 is 15.4 Å². The van der Waals surface area contributed by atoms with E-state index in [1.807, 2.05) is 19.9 Å². The van der Waals surface area contributed by atoms with Crippen LogP contribution in [-0.2, 0) is 0 Å². The number of anilines is 2. The van der Waals surface area contributed by atoms with Crippen molar-refractivity contribution in [2.75, 3.05) is 12.4 Å². The van der Waals surface area contributed by atoms with Crippen molar-refractivity contribution in [3.05, 3.63) is 76.6 Å². The van der Waals surface area contributed by atoms with Crippen LogP contribution < -0.4 is 15.4 Å². The van der Waals surface area contributed by atoms with E-state index >= 15 is 0 Å². The van der Waals surface area contributed by atoms with Gasteiger partial charge in [0.15, 0.2) is 0 Å². The number of hydrogen-bond donors (Lipinski definition) is 2. The minimum atomic E-state index is 0.361. The summed E-state index contributed by atoms with van der Waals surface area (Å²) in [6, 6.07) is 14.8. The number of nitrogens with zero attached hydrogens (tertiary/aromatic N) is 4. The highest BCUT2D eigenvalue weighted by Gasteiger charge is 2.13. The van der Waals surface area contributed by atoms with E-state index in [4.69, 9.17) is 15.3 Å². The van der Waals surface area contributed by atoms with Gasteiger partial charge in [-0.1, -0.05) is 0 Å². The molecule has 0 spiro atoms. The van der Waals surface area contributed by atoms with Crippen molar-refractivity contribution in [3.63, 3.8) is 0 Å². The molecule has 0 saturated carbocycles. The fraction of sp³-hybridized carbons (Fsp3) is 0.130. The van der Waals surface area contributed by atoms with Crippen LogP contribution in [0.1, 0.15) is 27.8 Å². The first-order valence-corrected chi connectivity index (χ1v) is 9.21. The van der Waals surface area contributed by atoms with Gasteiger partial charge >= 0.3 is 0 Å². The first-order chi connectivity index (χ1) is 14.5. The first kappa shape index (κ1) is 20.4. The average Bonchev–Trinajstić information content (AvgIpc) is 2.76. The van der Waals surface area contributed by atoms with Gasteiger partial charge in [0.1, 0.15) is 5.75 Å². The Labute approximate surface area is 175 Å². The standard InChI is InChI=1S/C23H20N6O/c1-15-10-18(13-25)11-16(2)21(15)30-22-19(8-9-26-3)14-27-23(29-22)28-20-6-4-17(12-24)5-7-20/h4-11,14,26H,1-3H3,(H,27,28,29)/b9-8-. The van der Waals surface area contributed by atoms with Gasteiger partial charge in [0, 0.05) is 18.9 Å². The molecule has 0 amide bonds. The van der Waals surface area contributed by atoms with Gasteiger partial charge in [-0.3, -0.25) is 0 Å². The van der Waals surface area contributed by atoms with Gasteiger partial charge in [-0.25, -0.2) is 4.98 Å². The van der Waals surface area contributed by atoms with Gasteiger partial charge in [-0.15, -0.1) is 0 Å². The van der Waals surface area contributed by atoms with Gasteiger partial charge in [0.25, 0.3) is 0 Å². The molecule has 0 aliphatic heterocycles. The molecule has 3 rings (SSSR count). The lowest BCUT2D eigenvalue weighted by Crippen LogP contribution is -2.02. The maximum Gasteiger partial charge on any atom is 0.231 e. The molecule has 30 heavy (non-hydrogen) atoms. The Bertz CT molecular complexity index is 1150. The number of rotatable bonds is 6. The van der Waals surface area contributed by atoms with Crippen LogP contribution in [-0.4, -0.2) is 17.0 Å². The van der Waals surface area contributed by atoms with Crippen molar-refractivity contribution < 1.29 is 4.74 Å². The topological polar surface area (TPSA) is 107 Å². The molecule has 0 atom stereocenters. The molecule has 0 saturated heterocycles. The normalized spacial score (nSPS) is 10.3. The number of nitrogens with one attached hydrogen (secondary N) is 2. The highest BCUT2D eigenvalue weighted by molar-refractivity contribution is 5.60. The summed E-state index contributed by atoms with van der Waals surface area (Å²) in [6.45, 7) is 3.78. The van der Waals surface area contributed by atoms with Crippen LogP contribution >= 0.6 is 0 Å². The lowest BCUT2D eigenvalue weighted by Gasteiger charge is -2.14. The molecule has 1 heterocycles. The third kappa shape index (κ3) is 4.73. The van der Waals surface area contributed by atoms with E-state index < -0.39 is 0 Å². The summed E-state index contributed by atoms with van der Waals surface area (Å²) in [4.78, 5) is 8.88. The summed E-state index contributed by atoms with van der Waals surface area (Å²) in [5.74, 6) is 1.39.